The summed E-state index contributed by atoms with van der Waals surface area (Å²) in [6.45, 7) is 7.29. The van der Waals surface area contributed by atoms with Crippen molar-refractivity contribution in [1.82, 2.24) is 15.5 Å². The van der Waals surface area contributed by atoms with Gasteiger partial charge in [-0.2, -0.15) is 0 Å². The van der Waals surface area contributed by atoms with Gasteiger partial charge in [0, 0.05) is 26.2 Å². The number of aliphatic imine (C=N–C) groups is 1. The Morgan fingerprint density at radius 3 is 2.82 bits per heavy atom. The minimum Gasteiger partial charge on any atom is -0.357 e. The maximum atomic E-state index is 5.26. The van der Waals surface area contributed by atoms with Crippen LogP contribution in [0.5, 0.6) is 0 Å². The predicted octanol–water partition coefficient (Wildman–Crippen LogP) is 1.85. The number of terminal acetylenes is 1. The van der Waals surface area contributed by atoms with Crippen molar-refractivity contribution >= 4 is 29.9 Å². The van der Waals surface area contributed by atoms with Gasteiger partial charge < -0.3 is 10.6 Å². The van der Waals surface area contributed by atoms with E-state index in [-0.39, 0.29) is 24.0 Å². The Bertz CT molecular complexity index is 522. The average molecular weight is 412 g/mol. The van der Waals surface area contributed by atoms with Gasteiger partial charge in [0.25, 0.3) is 0 Å². The highest BCUT2D eigenvalue weighted by Crippen LogP contribution is 2.17. The molecule has 0 saturated carbocycles. The molecule has 2 N–H and O–H groups in total. The van der Waals surface area contributed by atoms with Gasteiger partial charge in [-0.15, -0.1) is 30.4 Å². The number of benzene rings is 1. The summed E-state index contributed by atoms with van der Waals surface area (Å²) in [5, 5.41) is 6.30. The van der Waals surface area contributed by atoms with Crippen molar-refractivity contribution in [3.63, 3.8) is 0 Å². The molecule has 0 atom stereocenters. The first kappa shape index (κ1) is 18.8. The quantitative estimate of drug-likeness (QED) is 0.336. The first-order valence-electron chi connectivity index (χ1n) is 7.58. The van der Waals surface area contributed by atoms with Crippen LogP contribution in [0.4, 0.5) is 0 Å². The first-order chi connectivity index (χ1) is 10.3. The second-order valence-corrected chi connectivity index (χ2v) is 5.11. The van der Waals surface area contributed by atoms with E-state index in [2.05, 4.69) is 57.6 Å². The van der Waals surface area contributed by atoms with Crippen molar-refractivity contribution in [3.8, 4) is 12.3 Å². The number of halogens is 1. The van der Waals surface area contributed by atoms with E-state index in [4.69, 9.17) is 6.42 Å². The smallest absolute Gasteiger partial charge is 0.192 e. The van der Waals surface area contributed by atoms with Gasteiger partial charge in [-0.25, -0.2) is 0 Å². The van der Waals surface area contributed by atoms with Gasteiger partial charge in [-0.3, -0.25) is 9.89 Å². The fraction of sp³-hybridized carbons (Fsp3) is 0.471. The lowest BCUT2D eigenvalue weighted by Crippen LogP contribution is -2.38. The van der Waals surface area contributed by atoms with Crippen LogP contribution in [0.15, 0.2) is 29.3 Å². The van der Waals surface area contributed by atoms with E-state index >= 15 is 0 Å². The molecule has 1 heterocycles. The van der Waals surface area contributed by atoms with E-state index in [1.54, 1.807) is 0 Å². The summed E-state index contributed by atoms with van der Waals surface area (Å²) in [5.41, 5.74) is 2.94. The third-order valence-corrected chi connectivity index (χ3v) is 3.60. The molecular formula is C17H25IN4. The predicted molar refractivity (Wildman–Crippen MR) is 104 cm³/mol. The zero-order valence-electron chi connectivity index (χ0n) is 13.1. The monoisotopic (exact) mass is 412 g/mol. The highest BCUT2D eigenvalue weighted by atomic mass is 127. The molecule has 0 amide bonds. The minimum absolute atomic E-state index is 0. The lowest BCUT2D eigenvalue weighted by molar-refractivity contribution is 0.261. The van der Waals surface area contributed by atoms with E-state index in [1.807, 2.05) is 0 Å². The molecule has 0 radical (unpaired) electrons. The Labute approximate surface area is 150 Å². The van der Waals surface area contributed by atoms with Crippen LogP contribution in [-0.4, -0.2) is 43.6 Å². The third-order valence-electron chi connectivity index (χ3n) is 3.60. The number of fused-ring (bicyclic) bond motifs is 1. The summed E-state index contributed by atoms with van der Waals surface area (Å²) >= 11 is 0. The van der Waals surface area contributed by atoms with Gasteiger partial charge >= 0.3 is 0 Å². The Morgan fingerprint density at radius 2 is 2.09 bits per heavy atom. The second-order valence-electron chi connectivity index (χ2n) is 5.11. The van der Waals surface area contributed by atoms with Crippen LogP contribution in [-0.2, 0) is 13.0 Å². The van der Waals surface area contributed by atoms with E-state index in [0.717, 1.165) is 45.1 Å². The molecule has 1 aromatic carbocycles. The maximum absolute atomic E-state index is 5.26. The van der Waals surface area contributed by atoms with Crippen LogP contribution in [0.25, 0.3) is 0 Å². The number of hydrogen-bond donors (Lipinski definition) is 2. The molecule has 0 saturated heterocycles. The molecule has 0 spiro atoms. The van der Waals surface area contributed by atoms with Gasteiger partial charge in [-0.1, -0.05) is 30.2 Å². The first-order valence-corrected chi connectivity index (χ1v) is 7.58. The molecule has 0 unspecified atom stereocenters. The largest absolute Gasteiger partial charge is 0.357 e. The van der Waals surface area contributed by atoms with Crippen LogP contribution in [0.1, 0.15) is 18.1 Å². The van der Waals surface area contributed by atoms with Crippen LogP contribution < -0.4 is 10.6 Å². The second kappa shape index (κ2) is 10.5. The Balaban J connectivity index is 0.00000242. The zero-order valence-corrected chi connectivity index (χ0v) is 15.5. The molecule has 1 aliphatic heterocycles. The lowest BCUT2D eigenvalue weighted by atomic mass is 10.0. The number of nitrogens with one attached hydrogen (secondary N) is 2. The average Bonchev–Trinajstić information content (AvgIpc) is 2.52. The Morgan fingerprint density at radius 1 is 1.32 bits per heavy atom. The Hall–Kier alpha value is -1.26. The van der Waals surface area contributed by atoms with Crippen molar-refractivity contribution in [1.29, 1.82) is 0 Å². The molecule has 2 rings (SSSR count). The van der Waals surface area contributed by atoms with Crippen LogP contribution in [0.3, 0.4) is 0 Å². The van der Waals surface area contributed by atoms with Gasteiger partial charge in [0.1, 0.15) is 0 Å². The summed E-state index contributed by atoms with van der Waals surface area (Å²) in [6.07, 6.45) is 6.39. The number of hydrogen-bond acceptors (Lipinski definition) is 2. The summed E-state index contributed by atoms with van der Waals surface area (Å²) in [4.78, 5) is 7.01. The van der Waals surface area contributed by atoms with E-state index in [1.165, 1.54) is 11.1 Å². The molecular weight excluding hydrogens is 387 g/mol. The highest BCUT2D eigenvalue weighted by Gasteiger charge is 2.14. The summed E-state index contributed by atoms with van der Waals surface area (Å²) < 4.78 is 0. The molecule has 0 aliphatic carbocycles. The number of rotatable bonds is 5. The van der Waals surface area contributed by atoms with Crippen LogP contribution >= 0.6 is 24.0 Å². The SMILES string of the molecule is C#CCNC(=NCCN1CCc2ccccc2C1)NCC.I. The lowest BCUT2D eigenvalue weighted by Gasteiger charge is -2.28. The summed E-state index contributed by atoms with van der Waals surface area (Å²) in [7, 11) is 0. The molecule has 0 bridgehead atoms. The van der Waals surface area contributed by atoms with E-state index in [0.29, 0.717) is 6.54 Å². The normalized spacial score (nSPS) is 14.5. The molecule has 1 aliphatic rings. The van der Waals surface area contributed by atoms with Crippen LogP contribution in [0.2, 0.25) is 0 Å². The van der Waals surface area contributed by atoms with Crippen molar-refractivity contribution in [2.75, 3.05) is 32.7 Å². The van der Waals surface area contributed by atoms with Crippen molar-refractivity contribution < 1.29 is 0 Å². The summed E-state index contributed by atoms with van der Waals surface area (Å²) in [5.74, 6) is 3.36. The standard InChI is InChI=1S/C17H24N4.HI/c1-3-10-19-17(18-4-2)20-11-13-21-12-9-15-7-5-6-8-16(15)14-21;/h1,5-8H,4,9-14H2,2H3,(H2,18,19,20);1H. The molecule has 1 aromatic rings. The van der Waals surface area contributed by atoms with E-state index < -0.39 is 0 Å². The topological polar surface area (TPSA) is 39.7 Å². The van der Waals surface area contributed by atoms with Gasteiger partial charge in [0.15, 0.2) is 5.96 Å². The highest BCUT2D eigenvalue weighted by molar-refractivity contribution is 14.0. The molecule has 0 fully saturated rings. The molecule has 0 aromatic heterocycles. The molecule has 5 heteroatoms. The van der Waals surface area contributed by atoms with Gasteiger partial charge in [0.2, 0.25) is 0 Å². The van der Waals surface area contributed by atoms with Crippen molar-refractivity contribution in [2.45, 2.75) is 19.9 Å². The molecule has 120 valence electrons. The van der Waals surface area contributed by atoms with Gasteiger partial charge in [-0.05, 0) is 24.5 Å². The fourth-order valence-electron chi connectivity index (χ4n) is 2.52. The molecule has 4 nitrogen and oxygen atoms in total. The fourth-order valence-corrected chi connectivity index (χ4v) is 2.52. The molecule has 22 heavy (non-hydrogen) atoms. The minimum atomic E-state index is 0. The van der Waals surface area contributed by atoms with Crippen molar-refractivity contribution in [2.24, 2.45) is 4.99 Å². The van der Waals surface area contributed by atoms with Crippen molar-refractivity contribution in [3.05, 3.63) is 35.4 Å². The third kappa shape index (κ3) is 5.85. The zero-order chi connectivity index (χ0) is 14.9. The van der Waals surface area contributed by atoms with E-state index in [9.17, 15) is 0 Å². The van der Waals surface area contributed by atoms with Crippen LogP contribution in [0, 0.1) is 12.3 Å². The summed E-state index contributed by atoms with van der Waals surface area (Å²) in [6, 6.07) is 8.70. The van der Waals surface area contributed by atoms with Gasteiger partial charge in [0.05, 0.1) is 13.1 Å². The number of nitrogens with zero attached hydrogens (tertiary/aromatic N) is 2. The number of guanidine groups is 1. The Kier molecular flexibility index (Phi) is 8.94. The maximum Gasteiger partial charge on any atom is 0.192 e.